The lowest BCUT2D eigenvalue weighted by Crippen LogP contribution is -2.36. The zero-order valence-electron chi connectivity index (χ0n) is 12.8. The molecule has 0 amide bonds. The van der Waals surface area contributed by atoms with Gasteiger partial charge in [-0.2, -0.15) is 0 Å². The molecule has 112 valence electrons. The normalized spacial score (nSPS) is 15.1. The van der Waals surface area contributed by atoms with Gasteiger partial charge in [0.2, 0.25) is 6.79 Å². The molecule has 1 aromatic rings. The van der Waals surface area contributed by atoms with Crippen LogP contribution in [0.4, 0.5) is 0 Å². The molecule has 0 bridgehead atoms. The zero-order chi connectivity index (χ0) is 14.5. The summed E-state index contributed by atoms with van der Waals surface area (Å²) in [6.07, 6.45) is 0.211. The number of rotatable bonds is 7. The smallest absolute Gasteiger partial charge is 0.231 e. The summed E-state index contributed by atoms with van der Waals surface area (Å²) in [4.78, 5) is 0. The van der Waals surface area contributed by atoms with Crippen LogP contribution in [0.15, 0.2) is 18.2 Å². The maximum atomic E-state index is 6.04. The maximum absolute atomic E-state index is 6.04. The Balaban J connectivity index is 1.88. The fourth-order valence-corrected chi connectivity index (χ4v) is 2.07. The molecule has 4 nitrogen and oxygen atoms in total. The molecule has 1 unspecified atom stereocenters. The van der Waals surface area contributed by atoms with Crippen LogP contribution in [0.5, 0.6) is 11.5 Å². The highest BCUT2D eigenvalue weighted by molar-refractivity contribution is 5.44. The van der Waals surface area contributed by atoms with E-state index in [0.29, 0.717) is 25.4 Å². The molecule has 1 aliphatic rings. The Morgan fingerprint density at radius 3 is 2.60 bits per heavy atom. The van der Waals surface area contributed by atoms with Gasteiger partial charge < -0.3 is 19.5 Å². The predicted octanol–water partition coefficient (Wildman–Crippen LogP) is 2.95. The van der Waals surface area contributed by atoms with Crippen LogP contribution in [0.1, 0.15) is 33.3 Å². The summed E-state index contributed by atoms with van der Waals surface area (Å²) in [5.41, 5.74) is 1.12. The molecule has 1 N–H and O–H groups in total. The molecule has 0 aliphatic carbocycles. The van der Waals surface area contributed by atoms with Gasteiger partial charge >= 0.3 is 0 Å². The average Bonchev–Trinajstić information content (AvgIpc) is 2.85. The van der Waals surface area contributed by atoms with Gasteiger partial charge in [0.05, 0.1) is 12.7 Å². The first kappa shape index (κ1) is 15.1. The molecule has 0 saturated carbocycles. The predicted molar refractivity (Wildman–Crippen MR) is 79.1 cm³/mol. The van der Waals surface area contributed by atoms with E-state index in [2.05, 4.69) is 33.0 Å². The van der Waals surface area contributed by atoms with Gasteiger partial charge in [0.25, 0.3) is 0 Å². The SMILES string of the molecule is CC(C)NCC(OCc1ccc2c(c1)OCO2)C(C)C. The van der Waals surface area contributed by atoms with Crippen molar-refractivity contribution in [2.75, 3.05) is 13.3 Å². The van der Waals surface area contributed by atoms with Crippen LogP contribution in [-0.2, 0) is 11.3 Å². The Morgan fingerprint density at radius 1 is 1.15 bits per heavy atom. The number of nitrogens with one attached hydrogen (secondary N) is 1. The van der Waals surface area contributed by atoms with Gasteiger partial charge in [-0.1, -0.05) is 33.8 Å². The summed E-state index contributed by atoms with van der Waals surface area (Å²) >= 11 is 0. The highest BCUT2D eigenvalue weighted by atomic mass is 16.7. The van der Waals surface area contributed by atoms with E-state index in [9.17, 15) is 0 Å². The highest BCUT2D eigenvalue weighted by Gasteiger charge is 2.16. The van der Waals surface area contributed by atoms with Gasteiger partial charge in [0, 0.05) is 12.6 Å². The lowest BCUT2D eigenvalue weighted by Gasteiger charge is -2.23. The van der Waals surface area contributed by atoms with Crippen LogP contribution >= 0.6 is 0 Å². The van der Waals surface area contributed by atoms with E-state index in [1.165, 1.54) is 0 Å². The van der Waals surface area contributed by atoms with Crippen molar-refractivity contribution in [2.24, 2.45) is 5.92 Å². The lowest BCUT2D eigenvalue weighted by atomic mass is 10.1. The Morgan fingerprint density at radius 2 is 1.90 bits per heavy atom. The molecular weight excluding hydrogens is 254 g/mol. The standard InChI is InChI=1S/C16H25NO3/c1-11(2)16(8-17-12(3)4)18-9-13-5-6-14-15(7-13)20-10-19-14/h5-7,11-12,16-17H,8-10H2,1-4H3. The van der Waals surface area contributed by atoms with Crippen LogP contribution in [0.3, 0.4) is 0 Å². The Kier molecular flexibility index (Phi) is 5.26. The third-order valence-electron chi connectivity index (χ3n) is 3.37. The molecule has 20 heavy (non-hydrogen) atoms. The van der Waals surface area contributed by atoms with E-state index in [4.69, 9.17) is 14.2 Å². The average molecular weight is 279 g/mol. The molecule has 0 radical (unpaired) electrons. The van der Waals surface area contributed by atoms with E-state index in [1.54, 1.807) is 0 Å². The first-order valence-corrected chi connectivity index (χ1v) is 7.29. The molecule has 0 aromatic heterocycles. The Bertz CT molecular complexity index is 432. The molecular formula is C16H25NO3. The van der Waals surface area contributed by atoms with Crippen molar-refractivity contribution >= 4 is 0 Å². The molecule has 1 heterocycles. The summed E-state index contributed by atoms with van der Waals surface area (Å²) in [5.74, 6) is 2.11. The van der Waals surface area contributed by atoms with Crippen LogP contribution in [0.2, 0.25) is 0 Å². The fraction of sp³-hybridized carbons (Fsp3) is 0.625. The monoisotopic (exact) mass is 279 g/mol. The van der Waals surface area contributed by atoms with E-state index in [0.717, 1.165) is 23.6 Å². The molecule has 0 fully saturated rings. The quantitative estimate of drug-likeness (QED) is 0.833. The van der Waals surface area contributed by atoms with Crippen LogP contribution in [0.25, 0.3) is 0 Å². The summed E-state index contributed by atoms with van der Waals surface area (Å²) < 4.78 is 16.7. The zero-order valence-corrected chi connectivity index (χ0v) is 12.8. The second kappa shape index (κ2) is 6.95. The van der Waals surface area contributed by atoms with Gasteiger partial charge in [-0.3, -0.25) is 0 Å². The van der Waals surface area contributed by atoms with Crippen molar-refractivity contribution < 1.29 is 14.2 Å². The number of hydrogen-bond donors (Lipinski definition) is 1. The topological polar surface area (TPSA) is 39.7 Å². The summed E-state index contributed by atoms with van der Waals surface area (Å²) in [5, 5.41) is 3.44. The van der Waals surface area contributed by atoms with Gasteiger partial charge in [-0.25, -0.2) is 0 Å². The summed E-state index contributed by atoms with van der Waals surface area (Å²) in [6, 6.07) is 6.44. The number of fused-ring (bicyclic) bond motifs is 1. The van der Waals surface area contributed by atoms with Gasteiger partial charge in [-0.05, 0) is 23.6 Å². The molecule has 2 rings (SSSR count). The highest BCUT2D eigenvalue weighted by Crippen LogP contribution is 2.32. The number of ether oxygens (including phenoxy) is 3. The molecule has 1 aliphatic heterocycles. The second-order valence-corrected chi connectivity index (χ2v) is 5.84. The first-order valence-electron chi connectivity index (χ1n) is 7.29. The minimum atomic E-state index is 0.211. The van der Waals surface area contributed by atoms with E-state index >= 15 is 0 Å². The first-order chi connectivity index (χ1) is 9.56. The van der Waals surface area contributed by atoms with Crippen molar-refractivity contribution in [1.82, 2.24) is 5.32 Å². The van der Waals surface area contributed by atoms with E-state index in [1.807, 2.05) is 18.2 Å². The maximum Gasteiger partial charge on any atom is 0.231 e. The number of benzene rings is 1. The Labute approximate surface area is 121 Å². The lowest BCUT2D eigenvalue weighted by molar-refractivity contribution is 0.0102. The minimum Gasteiger partial charge on any atom is -0.454 e. The minimum absolute atomic E-state index is 0.211. The summed E-state index contributed by atoms with van der Waals surface area (Å²) in [7, 11) is 0. The van der Waals surface area contributed by atoms with Crippen molar-refractivity contribution in [1.29, 1.82) is 0 Å². The fourth-order valence-electron chi connectivity index (χ4n) is 2.07. The van der Waals surface area contributed by atoms with E-state index in [-0.39, 0.29) is 6.10 Å². The van der Waals surface area contributed by atoms with Crippen LogP contribution < -0.4 is 14.8 Å². The second-order valence-electron chi connectivity index (χ2n) is 5.84. The van der Waals surface area contributed by atoms with Crippen molar-refractivity contribution in [3.8, 4) is 11.5 Å². The van der Waals surface area contributed by atoms with Crippen LogP contribution in [-0.4, -0.2) is 25.5 Å². The van der Waals surface area contributed by atoms with Crippen molar-refractivity contribution in [3.05, 3.63) is 23.8 Å². The molecule has 0 saturated heterocycles. The third kappa shape index (κ3) is 4.12. The van der Waals surface area contributed by atoms with Crippen LogP contribution in [0, 0.1) is 5.92 Å². The molecule has 0 spiro atoms. The van der Waals surface area contributed by atoms with E-state index < -0.39 is 0 Å². The molecule has 1 aromatic carbocycles. The van der Waals surface area contributed by atoms with Gasteiger partial charge in [-0.15, -0.1) is 0 Å². The Hall–Kier alpha value is -1.26. The van der Waals surface area contributed by atoms with Gasteiger partial charge in [0.1, 0.15) is 0 Å². The third-order valence-corrected chi connectivity index (χ3v) is 3.37. The molecule has 1 atom stereocenters. The summed E-state index contributed by atoms with van der Waals surface area (Å²) in [6.45, 7) is 10.5. The van der Waals surface area contributed by atoms with Crippen molar-refractivity contribution in [3.63, 3.8) is 0 Å². The number of hydrogen-bond acceptors (Lipinski definition) is 4. The van der Waals surface area contributed by atoms with Gasteiger partial charge in [0.15, 0.2) is 11.5 Å². The van der Waals surface area contributed by atoms with Crippen molar-refractivity contribution in [2.45, 2.75) is 46.4 Å². The largest absolute Gasteiger partial charge is 0.454 e. The molecule has 4 heteroatoms.